The van der Waals surface area contributed by atoms with Crippen LogP contribution in [0.2, 0.25) is 0 Å². The fourth-order valence-corrected chi connectivity index (χ4v) is 6.29. The van der Waals surface area contributed by atoms with Crippen LogP contribution < -0.4 is 0 Å². The van der Waals surface area contributed by atoms with E-state index in [0.717, 1.165) is 55.7 Å². The highest BCUT2D eigenvalue weighted by Crippen LogP contribution is 2.29. The predicted octanol–water partition coefficient (Wildman–Crippen LogP) is 1.79. The van der Waals surface area contributed by atoms with E-state index in [9.17, 15) is 13.2 Å². The van der Waals surface area contributed by atoms with Crippen LogP contribution in [0.4, 0.5) is 0 Å². The third kappa shape index (κ3) is 4.20. The van der Waals surface area contributed by atoms with Gasteiger partial charge in [-0.3, -0.25) is 4.79 Å². The monoisotopic (exact) mass is 393 g/mol. The second kappa shape index (κ2) is 7.89. The van der Waals surface area contributed by atoms with Crippen LogP contribution in [0, 0.1) is 26.7 Å². The van der Waals surface area contributed by atoms with Gasteiger partial charge < -0.3 is 9.80 Å². The number of amides is 1. The number of hydrogen-bond donors (Lipinski definition) is 0. The summed E-state index contributed by atoms with van der Waals surface area (Å²) in [6.07, 6.45) is 1.50. The van der Waals surface area contributed by atoms with Crippen molar-refractivity contribution in [1.29, 1.82) is 0 Å². The Morgan fingerprint density at radius 1 is 1.00 bits per heavy atom. The van der Waals surface area contributed by atoms with Crippen molar-refractivity contribution >= 4 is 15.9 Å². The quantitative estimate of drug-likeness (QED) is 0.786. The standard InChI is InChI=1S/C20H31N3O3S/c1-15-12-16(2)19(17(3)13-15)27(25,26)23-7-5-6-18(14-23)20(24)22-10-8-21(4)9-11-22/h12-13,18H,5-11,14H2,1-4H3/t18-/m0/s1. The van der Waals surface area contributed by atoms with Crippen molar-refractivity contribution in [2.24, 2.45) is 5.92 Å². The Bertz CT molecular complexity index is 791. The third-order valence-corrected chi connectivity index (χ3v) is 7.92. The van der Waals surface area contributed by atoms with Gasteiger partial charge in [0.2, 0.25) is 15.9 Å². The van der Waals surface area contributed by atoms with Gasteiger partial charge in [-0.15, -0.1) is 0 Å². The van der Waals surface area contributed by atoms with Crippen molar-refractivity contribution in [3.05, 3.63) is 28.8 Å². The van der Waals surface area contributed by atoms with Crippen LogP contribution in [0.15, 0.2) is 17.0 Å². The molecule has 2 fully saturated rings. The Morgan fingerprint density at radius 2 is 1.59 bits per heavy atom. The van der Waals surface area contributed by atoms with Gasteiger partial charge >= 0.3 is 0 Å². The number of likely N-dealkylation sites (N-methyl/N-ethyl adjacent to an activating group) is 1. The van der Waals surface area contributed by atoms with Crippen molar-refractivity contribution in [3.8, 4) is 0 Å². The lowest BCUT2D eigenvalue weighted by molar-refractivity contribution is -0.138. The average Bonchev–Trinajstić information content (AvgIpc) is 2.61. The molecule has 2 heterocycles. The molecular formula is C20H31N3O3S. The molecule has 7 heteroatoms. The summed E-state index contributed by atoms with van der Waals surface area (Å²) in [5.74, 6) is -0.122. The second-order valence-electron chi connectivity index (χ2n) is 8.06. The first-order valence-corrected chi connectivity index (χ1v) is 11.2. The Kier molecular flexibility index (Phi) is 5.93. The molecule has 3 rings (SSSR count). The molecule has 0 bridgehead atoms. The molecule has 0 aromatic heterocycles. The predicted molar refractivity (Wildman–Crippen MR) is 106 cm³/mol. The van der Waals surface area contributed by atoms with E-state index in [1.54, 1.807) is 0 Å². The van der Waals surface area contributed by atoms with E-state index in [-0.39, 0.29) is 11.8 Å². The van der Waals surface area contributed by atoms with E-state index in [1.807, 2.05) is 37.8 Å². The molecule has 2 aliphatic heterocycles. The molecule has 0 radical (unpaired) electrons. The Labute approximate surface area is 163 Å². The molecule has 150 valence electrons. The number of sulfonamides is 1. The van der Waals surface area contributed by atoms with E-state index in [0.29, 0.717) is 18.0 Å². The van der Waals surface area contributed by atoms with Crippen molar-refractivity contribution < 1.29 is 13.2 Å². The maximum atomic E-state index is 13.3. The van der Waals surface area contributed by atoms with Gasteiger partial charge in [0.05, 0.1) is 10.8 Å². The average molecular weight is 394 g/mol. The zero-order chi connectivity index (χ0) is 19.8. The summed E-state index contributed by atoms with van der Waals surface area (Å²) in [6.45, 7) is 9.67. The minimum Gasteiger partial charge on any atom is -0.340 e. The molecule has 0 N–H and O–H groups in total. The zero-order valence-electron chi connectivity index (χ0n) is 16.9. The molecule has 1 amide bonds. The largest absolute Gasteiger partial charge is 0.340 e. The highest BCUT2D eigenvalue weighted by Gasteiger charge is 2.36. The number of nitrogens with zero attached hydrogens (tertiary/aromatic N) is 3. The lowest BCUT2D eigenvalue weighted by atomic mass is 9.98. The zero-order valence-corrected chi connectivity index (χ0v) is 17.7. The van der Waals surface area contributed by atoms with Gasteiger partial charge in [-0.2, -0.15) is 4.31 Å². The van der Waals surface area contributed by atoms with E-state index in [1.165, 1.54) is 4.31 Å². The number of carbonyl (C=O) groups excluding carboxylic acids is 1. The van der Waals surface area contributed by atoms with Crippen molar-refractivity contribution in [2.75, 3.05) is 46.3 Å². The van der Waals surface area contributed by atoms with Crippen LogP contribution in [-0.2, 0) is 14.8 Å². The van der Waals surface area contributed by atoms with Crippen molar-refractivity contribution in [1.82, 2.24) is 14.1 Å². The summed E-state index contributed by atoms with van der Waals surface area (Å²) in [6, 6.07) is 3.83. The highest BCUT2D eigenvalue weighted by atomic mass is 32.2. The molecule has 0 unspecified atom stereocenters. The fourth-order valence-electron chi connectivity index (χ4n) is 4.35. The first kappa shape index (κ1) is 20.3. The van der Waals surface area contributed by atoms with Crippen LogP contribution in [0.1, 0.15) is 29.5 Å². The summed E-state index contributed by atoms with van der Waals surface area (Å²) < 4.78 is 28.2. The fraction of sp³-hybridized carbons (Fsp3) is 0.650. The van der Waals surface area contributed by atoms with Crippen LogP contribution in [-0.4, -0.2) is 74.7 Å². The van der Waals surface area contributed by atoms with Crippen LogP contribution >= 0.6 is 0 Å². The van der Waals surface area contributed by atoms with Crippen LogP contribution in [0.5, 0.6) is 0 Å². The van der Waals surface area contributed by atoms with E-state index < -0.39 is 10.0 Å². The smallest absolute Gasteiger partial charge is 0.243 e. The maximum absolute atomic E-state index is 13.3. The molecule has 2 saturated heterocycles. The topological polar surface area (TPSA) is 60.9 Å². The summed E-state index contributed by atoms with van der Waals surface area (Å²) in [7, 11) is -1.53. The highest BCUT2D eigenvalue weighted by molar-refractivity contribution is 7.89. The van der Waals surface area contributed by atoms with Gasteiger partial charge in [0.15, 0.2) is 0 Å². The lowest BCUT2D eigenvalue weighted by Crippen LogP contribution is -2.52. The molecule has 6 nitrogen and oxygen atoms in total. The van der Waals surface area contributed by atoms with E-state index >= 15 is 0 Å². The lowest BCUT2D eigenvalue weighted by Gasteiger charge is -2.38. The summed E-state index contributed by atoms with van der Waals surface area (Å²) >= 11 is 0. The molecule has 0 spiro atoms. The van der Waals surface area contributed by atoms with Gasteiger partial charge in [-0.25, -0.2) is 8.42 Å². The van der Waals surface area contributed by atoms with E-state index in [2.05, 4.69) is 11.9 Å². The molecule has 1 atom stereocenters. The molecule has 2 aliphatic rings. The number of piperidine rings is 1. The summed E-state index contributed by atoms with van der Waals surface area (Å²) in [5.41, 5.74) is 2.62. The third-order valence-electron chi connectivity index (χ3n) is 5.75. The Morgan fingerprint density at radius 3 is 2.19 bits per heavy atom. The van der Waals surface area contributed by atoms with Gasteiger partial charge in [0.1, 0.15) is 0 Å². The molecule has 27 heavy (non-hydrogen) atoms. The molecule has 0 saturated carbocycles. The number of piperazine rings is 1. The molecule has 0 aliphatic carbocycles. The second-order valence-corrected chi connectivity index (χ2v) is 9.93. The van der Waals surface area contributed by atoms with Gasteiger partial charge in [0.25, 0.3) is 0 Å². The van der Waals surface area contributed by atoms with Gasteiger partial charge in [0, 0.05) is 39.3 Å². The first-order valence-electron chi connectivity index (χ1n) is 9.75. The summed E-state index contributed by atoms with van der Waals surface area (Å²) in [5, 5.41) is 0. The minimum atomic E-state index is -3.59. The number of aryl methyl sites for hydroxylation is 3. The normalized spacial score (nSPS) is 22.8. The van der Waals surface area contributed by atoms with Crippen molar-refractivity contribution in [3.63, 3.8) is 0 Å². The molecular weight excluding hydrogens is 362 g/mol. The summed E-state index contributed by atoms with van der Waals surface area (Å²) in [4.78, 5) is 17.5. The number of benzene rings is 1. The maximum Gasteiger partial charge on any atom is 0.243 e. The Balaban J connectivity index is 1.78. The Hall–Kier alpha value is -1.44. The van der Waals surface area contributed by atoms with Gasteiger partial charge in [-0.05, 0) is 51.8 Å². The molecule has 1 aromatic rings. The van der Waals surface area contributed by atoms with Crippen molar-refractivity contribution in [2.45, 2.75) is 38.5 Å². The van der Waals surface area contributed by atoms with Gasteiger partial charge in [-0.1, -0.05) is 17.7 Å². The van der Waals surface area contributed by atoms with Crippen LogP contribution in [0.25, 0.3) is 0 Å². The minimum absolute atomic E-state index is 0.111. The van der Waals surface area contributed by atoms with E-state index in [4.69, 9.17) is 0 Å². The number of hydrogen-bond acceptors (Lipinski definition) is 4. The van der Waals surface area contributed by atoms with Crippen LogP contribution in [0.3, 0.4) is 0 Å². The number of rotatable bonds is 3. The number of carbonyl (C=O) groups is 1. The SMILES string of the molecule is Cc1cc(C)c(S(=O)(=O)N2CCC[C@H](C(=O)N3CCN(C)CC3)C2)c(C)c1. The molecule has 1 aromatic carbocycles. The first-order chi connectivity index (χ1) is 12.7.